The molecule has 2 N–H and O–H groups in total. The Hall–Kier alpha value is -3.73. The zero-order valence-electron chi connectivity index (χ0n) is 19.1. The molecule has 2 aromatic carbocycles. The van der Waals surface area contributed by atoms with Gasteiger partial charge in [-0.25, -0.2) is 12.8 Å². The van der Waals surface area contributed by atoms with Crippen LogP contribution < -0.4 is 10.0 Å². The van der Waals surface area contributed by atoms with Crippen molar-refractivity contribution in [2.75, 3.05) is 24.4 Å². The van der Waals surface area contributed by atoms with Crippen LogP contribution in [0.4, 0.5) is 10.1 Å². The molecule has 3 aromatic rings. The molecule has 0 unspecified atom stereocenters. The highest BCUT2D eigenvalue weighted by Gasteiger charge is 2.25. The van der Waals surface area contributed by atoms with Crippen molar-refractivity contribution in [1.82, 2.24) is 20.0 Å². The zero-order chi connectivity index (χ0) is 25.0. The minimum atomic E-state index is -4.08. The number of amides is 2. The van der Waals surface area contributed by atoms with Crippen LogP contribution in [0.2, 0.25) is 0 Å². The summed E-state index contributed by atoms with van der Waals surface area (Å²) >= 11 is 0. The molecule has 0 saturated carbocycles. The molecule has 184 valence electrons. The number of hydrogen-bond donors (Lipinski definition) is 2. The standard InChI is InChI=1S/C24H26FN5O4S/c1-29-16-19(15-27-29)23(31)26-14-17-9-11-30(12-10-17)24(32)18-5-4-6-20(13-18)35(33,34)28-22-8-3-2-7-21(22)25/h2-8,13,15-17,28H,9-12,14H2,1H3,(H,26,31). The van der Waals surface area contributed by atoms with Gasteiger partial charge in [-0.3, -0.25) is 19.0 Å². The summed E-state index contributed by atoms with van der Waals surface area (Å²) in [4.78, 5) is 26.8. The predicted octanol–water partition coefficient (Wildman–Crippen LogP) is 2.64. The molecule has 0 aliphatic carbocycles. The van der Waals surface area contributed by atoms with E-state index in [1.807, 2.05) is 0 Å². The molecular formula is C24H26FN5O4S. The Morgan fingerprint density at radius 1 is 1.09 bits per heavy atom. The first-order valence-electron chi connectivity index (χ1n) is 11.2. The van der Waals surface area contributed by atoms with Gasteiger partial charge in [0, 0.05) is 38.4 Å². The molecule has 1 saturated heterocycles. The second-order valence-corrected chi connectivity index (χ2v) is 10.1. The number of carbonyl (C=O) groups is 2. The van der Waals surface area contributed by atoms with E-state index < -0.39 is 15.8 Å². The van der Waals surface area contributed by atoms with E-state index in [1.165, 1.54) is 42.6 Å². The molecule has 2 amide bonds. The SMILES string of the molecule is Cn1cc(C(=O)NCC2CCN(C(=O)c3cccc(S(=O)(=O)Nc4ccccc4F)c3)CC2)cn1. The molecule has 0 bridgehead atoms. The van der Waals surface area contributed by atoms with Crippen LogP contribution in [0.5, 0.6) is 0 Å². The van der Waals surface area contributed by atoms with Gasteiger partial charge in [-0.1, -0.05) is 18.2 Å². The van der Waals surface area contributed by atoms with E-state index in [0.717, 1.165) is 6.07 Å². The quantitative estimate of drug-likeness (QED) is 0.519. The molecular weight excluding hydrogens is 473 g/mol. The lowest BCUT2D eigenvalue weighted by Gasteiger charge is -2.32. The van der Waals surface area contributed by atoms with Crippen molar-refractivity contribution in [3.8, 4) is 0 Å². The smallest absolute Gasteiger partial charge is 0.262 e. The Bertz CT molecular complexity index is 1330. The highest BCUT2D eigenvalue weighted by atomic mass is 32.2. The van der Waals surface area contributed by atoms with E-state index in [-0.39, 0.29) is 33.9 Å². The number of aromatic nitrogens is 2. The highest BCUT2D eigenvalue weighted by Crippen LogP contribution is 2.22. The molecule has 1 fully saturated rings. The van der Waals surface area contributed by atoms with Crippen molar-refractivity contribution < 1.29 is 22.4 Å². The molecule has 11 heteroatoms. The second kappa shape index (κ2) is 10.3. The van der Waals surface area contributed by atoms with E-state index in [0.29, 0.717) is 38.0 Å². The lowest BCUT2D eigenvalue weighted by molar-refractivity contribution is 0.0684. The number of anilines is 1. The maximum atomic E-state index is 13.9. The lowest BCUT2D eigenvalue weighted by atomic mass is 9.96. The molecule has 4 rings (SSSR count). The summed E-state index contributed by atoms with van der Waals surface area (Å²) < 4.78 is 43.1. The van der Waals surface area contributed by atoms with E-state index in [9.17, 15) is 22.4 Å². The molecule has 0 spiro atoms. The van der Waals surface area contributed by atoms with E-state index >= 15 is 0 Å². The molecule has 9 nitrogen and oxygen atoms in total. The zero-order valence-corrected chi connectivity index (χ0v) is 20.0. The molecule has 1 aliphatic heterocycles. The Morgan fingerprint density at radius 2 is 1.83 bits per heavy atom. The normalized spacial score (nSPS) is 14.5. The number of para-hydroxylation sites is 1. The third kappa shape index (κ3) is 5.86. The molecule has 1 aromatic heterocycles. The third-order valence-electron chi connectivity index (χ3n) is 5.93. The third-order valence-corrected chi connectivity index (χ3v) is 7.29. The van der Waals surface area contributed by atoms with Crippen molar-refractivity contribution in [1.29, 1.82) is 0 Å². The summed E-state index contributed by atoms with van der Waals surface area (Å²) in [7, 11) is -2.33. The van der Waals surface area contributed by atoms with E-state index in [1.54, 1.807) is 28.9 Å². The number of benzene rings is 2. The Labute approximate surface area is 203 Å². The largest absolute Gasteiger partial charge is 0.352 e. The summed E-state index contributed by atoms with van der Waals surface area (Å²) in [6.07, 6.45) is 4.59. The number of nitrogens with zero attached hydrogens (tertiary/aromatic N) is 3. The Balaban J connectivity index is 1.34. The maximum absolute atomic E-state index is 13.9. The number of rotatable bonds is 7. The number of hydrogen-bond acceptors (Lipinski definition) is 5. The predicted molar refractivity (Wildman–Crippen MR) is 128 cm³/mol. The van der Waals surface area contributed by atoms with Crippen LogP contribution >= 0.6 is 0 Å². The Morgan fingerprint density at radius 3 is 2.51 bits per heavy atom. The maximum Gasteiger partial charge on any atom is 0.262 e. The van der Waals surface area contributed by atoms with E-state index in [2.05, 4.69) is 15.1 Å². The monoisotopic (exact) mass is 499 g/mol. The second-order valence-electron chi connectivity index (χ2n) is 8.46. The first-order chi connectivity index (χ1) is 16.7. The van der Waals surface area contributed by atoms with Crippen LogP contribution in [0.3, 0.4) is 0 Å². The summed E-state index contributed by atoms with van der Waals surface area (Å²) in [5, 5.41) is 6.90. The molecule has 1 aliphatic rings. The van der Waals surface area contributed by atoms with Crippen LogP contribution in [0.15, 0.2) is 65.8 Å². The van der Waals surface area contributed by atoms with Gasteiger partial charge in [0.2, 0.25) is 0 Å². The number of nitrogens with one attached hydrogen (secondary N) is 2. The van der Waals surface area contributed by atoms with Gasteiger partial charge in [0.15, 0.2) is 0 Å². The summed E-state index contributed by atoms with van der Waals surface area (Å²) in [5.41, 5.74) is 0.575. The van der Waals surface area contributed by atoms with Gasteiger partial charge in [0.1, 0.15) is 5.82 Å². The van der Waals surface area contributed by atoms with Crippen molar-refractivity contribution in [2.24, 2.45) is 13.0 Å². The summed E-state index contributed by atoms with van der Waals surface area (Å²) in [6.45, 7) is 1.50. The summed E-state index contributed by atoms with van der Waals surface area (Å²) in [5.74, 6) is -0.913. The van der Waals surface area contributed by atoms with Gasteiger partial charge in [-0.2, -0.15) is 5.10 Å². The fourth-order valence-corrected chi connectivity index (χ4v) is 5.06. The van der Waals surface area contributed by atoms with Gasteiger partial charge in [0.05, 0.1) is 22.3 Å². The molecule has 2 heterocycles. The summed E-state index contributed by atoms with van der Waals surface area (Å²) in [6, 6.07) is 11.2. The lowest BCUT2D eigenvalue weighted by Crippen LogP contribution is -2.41. The van der Waals surface area contributed by atoms with Crippen LogP contribution in [0.1, 0.15) is 33.6 Å². The van der Waals surface area contributed by atoms with Crippen LogP contribution in [-0.2, 0) is 17.1 Å². The highest BCUT2D eigenvalue weighted by molar-refractivity contribution is 7.92. The topological polar surface area (TPSA) is 113 Å². The number of aryl methyl sites for hydroxylation is 1. The fourth-order valence-electron chi connectivity index (χ4n) is 3.94. The van der Waals surface area contributed by atoms with Gasteiger partial charge < -0.3 is 10.2 Å². The van der Waals surface area contributed by atoms with Gasteiger partial charge >= 0.3 is 0 Å². The number of carbonyl (C=O) groups excluding carboxylic acids is 2. The van der Waals surface area contributed by atoms with Crippen molar-refractivity contribution >= 4 is 27.5 Å². The van der Waals surface area contributed by atoms with Crippen LogP contribution in [0, 0.1) is 11.7 Å². The minimum absolute atomic E-state index is 0.125. The average molecular weight is 500 g/mol. The first kappa shape index (κ1) is 24.4. The van der Waals surface area contributed by atoms with Crippen LogP contribution in [-0.4, -0.2) is 54.5 Å². The molecule has 0 atom stereocenters. The van der Waals surface area contributed by atoms with Crippen molar-refractivity contribution in [3.05, 3.63) is 77.9 Å². The molecule has 0 radical (unpaired) electrons. The van der Waals surface area contributed by atoms with Crippen molar-refractivity contribution in [2.45, 2.75) is 17.7 Å². The number of piperidine rings is 1. The number of sulfonamides is 1. The molecule has 35 heavy (non-hydrogen) atoms. The van der Waals surface area contributed by atoms with Crippen molar-refractivity contribution in [3.63, 3.8) is 0 Å². The minimum Gasteiger partial charge on any atom is -0.352 e. The van der Waals surface area contributed by atoms with Gasteiger partial charge in [-0.15, -0.1) is 0 Å². The van der Waals surface area contributed by atoms with Gasteiger partial charge in [0.25, 0.3) is 21.8 Å². The van der Waals surface area contributed by atoms with Crippen LogP contribution in [0.25, 0.3) is 0 Å². The fraction of sp³-hybridized carbons (Fsp3) is 0.292. The number of halogens is 1. The Kier molecular flexibility index (Phi) is 7.15. The number of likely N-dealkylation sites (tertiary alicyclic amines) is 1. The average Bonchev–Trinajstić information content (AvgIpc) is 3.30. The van der Waals surface area contributed by atoms with E-state index in [4.69, 9.17) is 0 Å². The van der Waals surface area contributed by atoms with Gasteiger partial charge in [-0.05, 0) is 49.1 Å². The first-order valence-corrected chi connectivity index (χ1v) is 12.6.